The maximum Gasteiger partial charge on any atom is 0.124 e. The maximum atomic E-state index is 11.1. The summed E-state index contributed by atoms with van der Waals surface area (Å²) in [6.45, 7) is 9.36. The van der Waals surface area contributed by atoms with E-state index in [-0.39, 0.29) is 12.8 Å². The van der Waals surface area contributed by atoms with Gasteiger partial charge in [-0.3, -0.25) is 0 Å². The Morgan fingerprint density at radius 1 is 0.960 bits per heavy atom. The topological polar surface area (TPSA) is 57.2 Å². The van der Waals surface area contributed by atoms with E-state index in [0.717, 1.165) is 17.5 Å². The van der Waals surface area contributed by atoms with Crippen molar-refractivity contribution in [3.05, 3.63) is 29.8 Å². The van der Waals surface area contributed by atoms with Gasteiger partial charge in [-0.1, -0.05) is 39.8 Å². The molecular weight excluding hydrogens is 351 g/mol. The molecule has 1 aromatic rings. The van der Waals surface area contributed by atoms with Gasteiger partial charge in [-0.15, -0.1) is 7.92 Å². The first-order chi connectivity index (χ1) is 11.7. The summed E-state index contributed by atoms with van der Waals surface area (Å²) in [5.41, 5.74) is 2.07. The van der Waals surface area contributed by atoms with Crippen LogP contribution in [0.2, 0.25) is 0 Å². The van der Waals surface area contributed by atoms with Crippen LogP contribution >= 0.6 is 7.92 Å². The Morgan fingerprint density at radius 3 is 1.84 bits per heavy atom. The molecule has 0 aliphatic heterocycles. The molecule has 1 saturated carbocycles. The molecule has 1 aliphatic carbocycles. The lowest BCUT2D eigenvalue weighted by Gasteiger charge is -2.36. The zero-order chi connectivity index (χ0) is 18.6. The molecule has 0 heterocycles. The highest BCUT2D eigenvalue weighted by Gasteiger charge is 2.28. The molecule has 142 valence electrons. The fraction of sp³-hybridized carbons (Fsp3) is 0.700. The molecule has 2 rings (SSSR count). The van der Waals surface area contributed by atoms with Crippen molar-refractivity contribution in [1.29, 1.82) is 0 Å². The Labute approximate surface area is 155 Å². The van der Waals surface area contributed by atoms with Crippen LogP contribution in [0.1, 0.15) is 64.9 Å². The van der Waals surface area contributed by atoms with Crippen molar-refractivity contribution in [1.82, 2.24) is 0 Å². The fourth-order valence-corrected chi connectivity index (χ4v) is 8.11. The molecule has 5 heteroatoms. The summed E-state index contributed by atoms with van der Waals surface area (Å²) in [5, 5.41) is 0. The van der Waals surface area contributed by atoms with Crippen molar-refractivity contribution in [2.24, 2.45) is 11.8 Å². The van der Waals surface area contributed by atoms with Crippen molar-refractivity contribution < 1.29 is 13.0 Å². The molecule has 1 aliphatic rings. The van der Waals surface area contributed by atoms with E-state index in [1.807, 2.05) is 12.1 Å². The second-order valence-corrected chi connectivity index (χ2v) is 12.3. The number of hydrogen-bond acceptors (Lipinski definition) is 3. The smallest absolute Gasteiger partial charge is 0.124 e. The third-order valence-electron chi connectivity index (χ3n) is 5.05. The predicted molar refractivity (Wildman–Crippen MR) is 106 cm³/mol. The van der Waals surface area contributed by atoms with Crippen LogP contribution in [0.4, 0.5) is 0 Å². The van der Waals surface area contributed by atoms with Gasteiger partial charge in [-0.05, 0) is 79.1 Å². The Kier molecular flexibility index (Phi) is 7.49. The van der Waals surface area contributed by atoms with Gasteiger partial charge in [0.05, 0.1) is 4.90 Å². The third kappa shape index (κ3) is 6.34. The van der Waals surface area contributed by atoms with Crippen molar-refractivity contribution in [3.8, 4) is 0 Å². The summed E-state index contributed by atoms with van der Waals surface area (Å²) >= 11 is 0. The lowest BCUT2D eigenvalue weighted by molar-refractivity contribution is 0.446. The summed E-state index contributed by atoms with van der Waals surface area (Å²) in [5.74, 6) is 2.07. The summed E-state index contributed by atoms with van der Waals surface area (Å²) < 4.78 is 33.2. The standard InChI is InChI=1S/C20H33O3PS/c1-15(2)13-24(14-16(3)4)19-9-5-17(6-10-19)18-7-11-20(12-8-18)25(21,22)23/h7-8,11-12,15-17,19H,5-6,9-10,13-14H2,1-4H3,(H,21,22,23)/p-1. The van der Waals surface area contributed by atoms with E-state index in [2.05, 4.69) is 27.7 Å². The zero-order valence-corrected chi connectivity index (χ0v) is 17.7. The van der Waals surface area contributed by atoms with E-state index in [0.29, 0.717) is 5.92 Å². The van der Waals surface area contributed by atoms with Gasteiger partial charge in [0, 0.05) is 0 Å². The van der Waals surface area contributed by atoms with E-state index >= 15 is 0 Å². The molecule has 0 amide bonds. The molecule has 0 radical (unpaired) electrons. The molecule has 1 fully saturated rings. The van der Waals surface area contributed by atoms with Crippen molar-refractivity contribution in [2.75, 3.05) is 12.3 Å². The lowest BCUT2D eigenvalue weighted by Crippen LogP contribution is -2.20. The van der Waals surface area contributed by atoms with E-state index in [1.165, 1.54) is 55.7 Å². The normalized spacial score (nSPS) is 22.1. The minimum atomic E-state index is -4.34. The lowest BCUT2D eigenvalue weighted by atomic mass is 9.84. The predicted octanol–water partition coefficient (Wildman–Crippen LogP) is 5.41. The Bertz CT molecular complexity index is 619. The van der Waals surface area contributed by atoms with Gasteiger partial charge in [-0.2, -0.15) is 0 Å². The summed E-state index contributed by atoms with van der Waals surface area (Å²) in [7, 11) is -4.23. The van der Waals surface area contributed by atoms with Crippen LogP contribution in [0.3, 0.4) is 0 Å². The highest BCUT2D eigenvalue weighted by molar-refractivity contribution is 7.85. The zero-order valence-electron chi connectivity index (χ0n) is 15.9. The van der Waals surface area contributed by atoms with Gasteiger partial charge < -0.3 is 4.55 Å². The van der Waals surface area contributed by atoms with Gasteiger partial charge >= 0.3 is 0 Å². The maximum absolute atomic E-state index is 11.1. The summed E-state index contributed by atoms with van der Waals surface area (Å²) in [6, 6.07) is 6.60. The van der Waals surface area contributed by atoms with Crippen molar-refractivity contribution in [2.45, 2.75) is 69.9 Å². The molecule has 3 nitrogen and oxygen atoms in total. The average molecular weight is 384 g/mol. The highest BCUT2D eigenvalue weighted by Crippen LogP contribution is 2.52. The SMILES string of the molecule is CC(C)CP(CC(C)C)C1CCC(c2ccc(S(=O)(=O)[O-])cc2)CC1. The van der Waals surface area contributed by atoms with E-state index < -0.39 is 10.1 Å². The van der Waals surface area contributed by atoms with Crippen LogP contribution in [0.15, 0.2) is 29.2 Å². The number of hydrogen-bond donors (Lipinski definition) is 0. The Balaban J connectivity index is 1.98. The van der Waals surface area contributed by atoms with Gasteiger partial charge in [0.2, 0.25) is 0 Å². The molecule has 1 aromatic carbocycles. The average Bonchev–Trinajstić information content (AvgIpc) is 2.53. The molecule has 0 N–H and O–H groups in total. The van der Waals surface area contributed by atoms with Crippen LogP contribution in [-0.2, 0) is 10.1 Å². The van der Waals surface area contributed by atoms with Crippen LogP contribution < -0.4 is 0 Å². The van der Waals surface area contributed by atoms with Crippen LogP contribution in [-0.4, -0.2) is 31.0 Å². The minimum absolute atomic E-state index is 0.113. The second kappa shape index (κ2) is 8.97. The van der Waals surface area contributed by atoms with Gasteiger partial charge in [0.25, 0.3) is 0 Å². The van der Waals surface area contributed by atoms with Crippen molar-refractivity contribution >= 4 is 18.0 Å². The quantitative estimate of drug-likeness (QED) is 0.467. The molecule has 0 spiro atoms. The van der Waals surface area contributed by atoms with Crippen LogP contribution in [0.5, 0.6) is 0 Å². The number of benzene rings is 1. The minimum Gasteiger partial charge on any atom is -0.744 e. The largest absolute Gasteiger partial charge is 0.744 e. The highest BCUT2D eigenvalue weighted by atomic mass is 32.2. The van der Waals surface area contributed by atoms with E-state index in [1.54, 1.807) is 0 Å². The number of rotatable bonds is 7. The Morgan fingerprint density at radius 2 is 1.44 bits per heavy atom. The molecule has 0 saturated heterocycles. The first kappa shape index (κ1) is 20.9. The van der Waals surface area contributed by atoms with Gasteiger partial charge in [0.1, 0.15) is 10.1 Å². The first-order valence-corrected chi connectivity index (χ1v) is 12.7. The molecule has 25 heavy (non-hydrogen) atoms. The van der Waals surface area contributed by atoms with Crippen LogP contribution in [0, 0.1) is 11.8 Å². The summed E-state index contributed by atoms with van der Waals surface area (Å²) in [6.07, 6.45) is 7.72. The monoisotopic (exact) mass is 383 g/mol. The first-order valence-electron chi connectivity index (χ1n) is 9.46. The van der Waals surface area contributed by atoms with E-state index in [4.69, 9.17) is 0 Å². The van der Waals surface area contributed by atoms with Crippen LogP contribution in [0.25, 0.3) is 0 Å². The van der Waals surface area contributed by atoms with Gasteiger partial charge in [0.15, 0.2) is 0 Å². The molecule has 0 unspecified atom stereocenters. The van der Waals surface area contributed by atoms with Crippen molar-refractivity contribution in [3.63, 3.8) is 0 Å². The van der Waals surface area contributed by atoms with E-state index in [9.17, 15) is 13.0 Å². The van der Waals surface area contributed by atoms with Gasteiger partial charge in [-0.25, -0.2) is 8.42 Å². The Hall–Kier alpha value is -0.440. The molecule has 0 atom stereocenters. The molecular formula is C20H32O3PS-. The molecule has 0 bridgehead atoms. The third-order valence-corrected chi connectivity index (χ3v) is 9.85. The molecule has 0 aromatic heterocycles. The fourth-order valence-electron chi connectivity index (χ4n) is 3.99. The second-order valence-electron chi connectivity index (χ2n) is 8.27. The summed E-state index contributed by atoms with van der Waals surface area (Å²) in [4.78, 5) is -0.123.